The van der Waals surface area contributed by atoms with Gasteiger partial charge in [0.25, 0.3) is 0 Å². The predicted molar refractivity (Wildman–Crippen MR) is 55.6 cm³/mol. The van der Waals surface area contributed by atoms with Crippen LogP contribution in [-0.4, -0.2) is 54.2 Å². The highest BCUT2D eigenvalue weighted by Gasteiger charge is 2.32. The van der Waals surface area contributed by atoms with Gasteiger partial charge in [-0.05, 0) is 13.8 Å². The minimum atomic E-state index is -3.53. The lowest BCUT2D eigenvalue weighted by atomic mass is 10.1. The van der Waals surface area contributed by atoms with Crippen LogP contribution in [0.3, 0.4) is 0 Å². The van der Waals surface area contributed by atoms with Crippen LogP contribution in [-0.2, 0) is 19.4 Å². The molecule has 94 valence electrons. The first-order valence-electron chi connectivity index (χ1n) is 4.41. The van der Waals surface area contributed by atoms with E-state index in [1.165, 1.54) is 6.92 Å². The van der Waals surface area contributed by atoms with E-state index >= 15 is 0 Å². The van der Waals surface area contributed by atoms with E-state index in [0.717, 1.165) is 13.2 Å². The SMILES string of the molecule is CC(C(=O)NCC(C)(O)C(=O)O)S(C)(=O)=O. The quantitative estimate of drug-likeness (QED) is 0.541. The highest BCUT2D eigenvalue weighted by molar-refractivity contribution is 7.92. The van der Waals surface area contributed by atoms with Crippen LogP contribution in [0.25, 0.3) is 0 Å². The summed E-state index contributed by atoms with van der Waals surface area (Å²) in [6.07, 6.45) is 0.895. The molecule has 0 aliphatic carbocycles. The van der Waals surface area contributed by atoms with Crippen molar-refractivity contribution in [1.29, 1.82) is 0 Å². The van der Waals surface area contributed by atoms with Gasteiger partial charge in [-0.25, -0.2) is 13.2 Å². The van der Waals surface area contributed by atoms with Gasteiger partial charge in [0.1, 0.15) is 5.25 Å². The van der Waals surface area contributed by atoms with Crippen LogP contribution in [0.4, 0.5) is 0 Å². The maximum Gasteiger partial charge on any atom is 0.337 e. The summed E-state index contributed by atoms with van der Waals surface area (Å²) in [7, 11) is -3.53. The number of rotatable bonds is 5. The van der Waals surface area contributed by atoms with Crippen molar-refractivity contribution < 1.29 is 28.2 Å². The Balaban J connectivity index is 4.46. The Labute approximate surface area is 93.4 Å². The van der Waals surface area contributed by atoms with Crippen molar-refractivity contribution >= 4 is 21.7 Å². The number of sulfone groups is 1. The van der Waals surface area contributed by atoms with Crippen LogP contribution in [0.5, 0.6) is 0 Å². The topological polar surface area (TPSA) is 121 Å². The Morgan fingerprint density at radius 1 is 1.44 bits per heavy atom. The zero-order valence-electron chi connectivity index (χ0n) is 9.22. The molecule has 16 heavy (non-hydrogen) atoms. The number of hydrogen-bond donors (Lipinski definition) is 3. The molecule has 2 unspecified atom stereocenters. The van der Waals surface area contributed by atoms with Gasteiger partial charge in [0.15, 0.2) is 15.4 Å². The van der Waals surface area contributed by atoms with Crippen molar-refractivity contribution in [2.75, 3.05) is 12.8 Å². The van der Waals surface area contributed by atoms with Gasteiger partial charge in [0, 0.05) is 6.26 Å². The Bertz CT molecular complexity index is 385. The fourth-order valence-corrected chi connectivity index (χ4v) is 1.15. The molecule has 0 aromatic rings. The lowest BCUT2D eigenvalue weighted by Crippen LogP contribution is -2.49. The minimum absolute atomic E-state index is 0.555. The van der Waals surface area contributed by atoms with Crippen LogP contribution in [0.2, 0.25) is 0 Å². The Hall–Kier alpha value is -1.15. The summed E-state index contributed by atoms with van der Waals surface area (Å²) in [5.74, 6) is -2.34. The largest absolute Gasteiger partial charge is 0.479 e. The molecular weight excluding hydrogens is 238 g/mol. The number of aliphatic carboxylic acids is 1. The molecule has 0 radical (unpaired) electrons. The molecule has 8 heteroatoms. The van der Waals surface area contributed by atoms with Gasteiger partial charge in [-0.2, -0.15) is 0 Å². The van der Waals surface area contributed by atoms with Crippen LogP contribution in [0.15, 0.2) is 0 Å². The maximum absolute atomic E-state index is 11.3. The van der Waals surface area contributed by atoms with Crippen LogP contribution in [0.1, 0.15) is 13.8 Å². The van der Waals surface area contributed by atoms with Gasteiger partial charge < -0.3 is 15.5 Å². The molecule has 0 bridgehead atoms. The monoisotopic (exact) mass is 253 g/mol. The molecule has 2 atom stereocenters. The van der Waals surface area contributed by atoms with E-state index in [1.54, 1.807) is 0 Å². The van der Waals surface area contributed by atoms with Crippen LogP contribution < -0.4 is 5.32 Å². The summed E-state index contributed by atoms with van der Waals surface area (Å²) < 4.78 is 22.0. The molecular formula is C8H15NO6S. The van der Waals surface area contributed by atoms with E-state index in [1.807, 2.05) is 0 Å². The molecule has 0 heterocycles. The highest BCUT2D eigenvalue weighted by atomic mass is 32.2. The van der Waals surface area contributed by atoms with E-state index < -0.39 is 39.1 Å². The molecule has 0 aliphatic heterocycles. The summed E-state index contributed by atoms with van der Waals surface area (Å²) in [6.45, 7) is 1.63. The summed E-state index contributed by atoms with van der Waals surface area (Å²) >= 11 is 0. The fourth-order valence-electron chi connectivity index (χ4n) is 0.673. The first kappa shape index (κ1) is 14.8. The Kier molecular flexibility index (Phi) is 4.45. The van der Waals surface area contributed by atoms with Crippen molar-refractivity contribution in [3.63, 3.8) is 0 Å². The summed E-state index contributed by atoms with van der Waals surface area (Å²) in [5.41, 5.74) is -2.12. The van der Waals surface area contributed by atoms with Gasteiger partial charge in [-0.3, -0.25) is 4.79 Å². The fraction of sp³-hybridized carbons (Fsp3) is 0.750. The maximum atomic E-state index is 11.3. The van der Waals surface area contributed by atoms with Gasteiger partial charge in [-0.1, -0.05) is 0 Å². The molecule has 0 aromatic carbocycles. The standard InChI is InChI=1S/C8H15NO6S/c1-5(16(3,14)15)6(10)9-4-8(2,13)7(11)12/h5,13H,4H2,1-3H3,(H,9,10)(H,11,12). The number of carbonyl (C=O) groups excluding carboxylic acids is 1. The molecule has 1 amide bonds. The average molecular weight is 253 g/mol. The van der Waals surface area contributed by atoms with E-state index in [0.29, 0.717) is 0 Å². The molecule has 0 aromatic heterocycles. The number of aliphatic hydroxyl groups is 1. The molecule has 0 saturated carbocycles. The number of carboxylic acid groups (broad SMARTS) is 1. The third-order valence-electron chi connectivity index (χ3n) is 2.08. The molecule has 0 aliphatic rings. The number of carbonyl (C=O) groups is 2. The summed E-state index contributed by atoms with van der Waals surface area (Å²) in [6, 6.07) is 0. The lowest BCUT2D eigenvalue weighted by molar-refractivity contribution is -0.156. The van der Waals surface area contributed by atoms with E-state index in [2.05, 4.69) is 5.32 Å². The van der Waals surface area contributed by atoms with Gasteiger partial charge in [0.2, 0.25) is 5.91 Å². The molecule has 0 spiro atoms. The first-order chi connectivity index (χ1) is 6.98. The van der Waals surface area contributed by atoms with Gasteiger partial charge in [-0.15, -0.1) is 0 Å². The number of hydrogen-bond acceptors (Lipinski definition) is 5. The smallest absolute Gasteiger partial charge is 0.337 e. The third kappa shape index (κ3) is 4.15. The van der Waals surface area contributed by atoms with Crippen molar-refractivity contribution in [1.82, 2.24) is 5.32 Å². The summed E-state index contributed by atoms with van der Waals surface area (Å²) in [5, 5.41) is 18.6. The number of amides is 1. The molecule has 3 N–H and O–H groups in total. The minimum Gasteiger partial charge on any atom is -0.479 e. The summed E-state index contributed by atoms with van der Waals surface area (Å²) in [4.78, 5) is 21.7. The second-order valence-corrected chi connectivity index (χ2v) is 6.13. The Morgan fingerprint density at radius 2 is 1.88 bits per heavy atom. The van der Waals surface area contributed by atoms with E-state index in [4.69, 9.17) is 5.11 Å². The zero-order chi connectivity index (χ0) is 13.1. The molecule has 0 saturated heterocycles. The van der Waals surface area contributed by atoms with Gasteiger partial charge in [0.05, 0.1) is 6.54 Å². The van der Waals surface area contributed by atoms with Gasteiger partial charge >= 0.3 is 5.97 Å². The lowest BCUT2D eigenvalue weighted by Gasteiger charge is -2.19. The predicted octanol–water partition coefficient (Wildman–Crippen LogP) is -1.63. The average Bonchev–Trinajstić information content (AvgIpc) is 2.11. The van der Waals surface area contributed by atoms with Crippen LogP contribution >= 0.6 is 0 Å². The highest BCUT2D eigenvalue weighted by Crippen LogP contribution is 2.03. The normalized spacial score (nSPS) is 17.2. The zero-order valence-corrected chi connectivity index (χ0v) is 10.0. The molecule has 0 fully saturated rings. The van der Waals surface area contributed by atoms with Crippen molar-refractivity contribution in [3.8, 4) is 0 Å². The Morgan fingerprint density at radius 3 is 2.19 bits per heavy atom. The number of carboxylic acids is 1. The second kappa shape index (κ2) is 4.79. The van der Waals surface area contributed by atoms with Crippen LogP contribution in [0, 0.1) is 0 Å². The second-order valence-electron chi connectivity index (χ2n) is 3.77. The first-order valence-corrected chi connectivity index (χ1v) is 6.36. The third-order valence-corrected chi connectivity index (χ3v) is 3.58. The van der Waals surface area contributed by atoms with Crippen molar-refractivity contribution in [2.24, 2.45) is 0 Å². The van der Waals surface area contributed by atoms with Crippen molar-refractivity contribution in [2.45, 2.75) is 24.7 Å². The molecule has 0 rings (SSSR count). The molecule has 7 nitrogen and oxygen atoms in total. The van der Waals surface area contributed by atoms with E-state index in [-0.39, 0.29) is 0 Å². The van der Waals surface area contributed by atoms with E-state index in [9.17, 15) is 23.1 Å². The number of nitrogens with one attached hydrogen (secondary N) is 1. The van der Waals surface area contributed by atoms with Crippen molar-refractivity contribution in [3.05, 3.63) is 0 Å².